The van der Waals surface area contributed by atoms with Crippen molar-refractivity contribution in [2.24, 2.45) is 0 Å². The van der Waals surface area contributed by atoms with Gasteiger partial charge >= 0.3 is 5.97 Å². The predicted octanol–water partition coefficient (Wildman–Crippen LogP) is 3.38. The van der Waals surface area contributed by atoms with Crippen molar-refractivity contribution in [3.63, 3.8) is 0 Å². The van der Waals surface area contributed by atoms with Crippen molar-refractivity contribution in [3.05, 3.63) is 70.5 Å². The van der Waals surface area contributed by atoms with Gasteiger partial charge in [0.05, 0.1) is 23.8 Å². The van der Waals surface area contributed by atoms with E-state index in [0.717, 1.165) is 17.1 Å². The maximum atomic E-state index is 14.1. The number of pyridine rings is 1. The molecular weight excluding hydrogens is 365 g/mol. The Labute approximate surface area is 157 Å². The van der Waals surface area contributed by atoms with Crippen LogP contribution in [-0.4, -0.2) is 31.5 Å². The molecule has 0 radical (unpaired) electrons. The first kappa shape index (κ1) is 16.5. The van der Waals surface area contributed by atoms with Crippen LogP contribution in [0.3, 0.4) is 0 Å². The van der Waals surface area contributed by atoms with Crippen LogP contribution in [0.25, 0.3) is 16.5 Å². The van der Waals surface area contributed by atoms with Crippen molar-refractivity contribution in [2.45, 2.75) is 20.0 Å². The van der Waals surface area contributed by atoms with E-state index >= 15 is 0 Å². The van der Waals surface area contributed by atoms with Crippen LogP contribution in [0.2, 0.25) is 0 Å². The molecule has 0 saturated carbocycles. The summed E-state index contributed by atoms with van der Waals surface area (Å²) in [5, 5.41) is 13.9. The second kappa shape index (κ2) is 5.66. The number of rotatable bonds is 3. The molecule has 1 aliphatic rings. The minimum atomic E-state index is -1.27. The highest BCUT2D eigenvalue weighted by molar-refractivity contribution is 6.04. The van der Waals surface area contributed by atoms with Gasteiger partial charge in [0.15, 0.2) is 0 Å². The Kier molecular flexibility index (Phi) is 3.33. The number of aromatic carboxylic acids is 1. The second-order valence-electron chi connectivity index (χ2n) is 6.84. The summed E-state index contributed by atoms with van der Waals surface area (Å²) in [6.07, 6.45) is 3.32. The summed E-state index contributed by atoms with van der Waals surface area (Å²) in [4.78, 5) is 25.9. The fourth-order valence-electron chi connectivity index (χ4n) is 3.75. The smallest absolute Gasteiger partial charge is 0.339 e. The molecule has 0 fully saturated rings. The van der Waals surface area contributed by atoms with Crippen LogP contribution in [0.15, 0.2) is 41.1 Å². The Morgan fingerprint density at radius 2 is 2.21 bits per heavy atom. The molecule has 8 heteroatoms. The number of halogens is 1. The Morgan fingerprint density at radius 1 is 1.39 bits per heavy atom. The summed E-state index contributed by atoms with van der Waals surface area (Å²) in [5.74, 6) is -1.67. The zero-order chi connectivity index (χ0) is 19.6. The maximum absolute atomic E-state index is 14.1. The number of hydrogen-bond acceptors (Lipinski definition) is 4. The minimum Gasteiger partial charge on any atom is -0.478 e. The van der Waals surface area contributed by atoms with Crippen molar-refractivity contribution >= 4 is 28.4 Å². The highest BCUT2D eigenvalue weighted by atomic mass is 19.1. The van der Waals surface area contributed by atoms with Crippen LogP contribution in [0.4, 0.5) is 4.39 Å². The highest BCUT2D eigenvalue weighted by Gasteiger charge is 2.29. The van der Waals surface area contributed by atoms with E-state index in [9.17, 15) is 19.1 Å². The molecule has 0 unspecified atom stereocenters. The average molecular weight is 379 g/mol. The van der Waals surface area contributed by atoms with E-state index in [1.165, 1.54) is 6.20 Å². The number of aromatic nitrogens is 2. The van der Waals surface area contributed by atoms with Gasteiger partial charge in [-0.15, -0.1) is 0 Å². The number of fused-ring (bicyclic) bond motifs is 1. The third-order valence-corrected chi connectivity index (χ3v) is 5.14. The van der Waals surface area contributed by atoms with E-state index in [0.29, 0.717) is 28.8 Å². The summed E-state index contributed by atoms with van der Waals surface area (Å²) in [6, 6.07) is 6.35. The van der Waals surface area contributed by atoms with E-state index in [1.807, 2.05) is 12.1 Å². The van der Waals surface area contributed by atoms with Crippen molar-refractivity contribution in [1.82, 2.24) is 14.5 Å². The zero-order valence-electron chi connectivity index (χ0n) is 14.8. The summed E-state index contributed by atoms with van der Waals surface area (Å²) < 4.78 is 21.5. The van der Waals surface area contributed by atoms with Crippen molar-refractivity contribution < 1.29 is 23.5 Å². The number of carbonyl (C=O) groups is 2. The molecule has 4 heterocycles. The molecule has 3 aromatic heterocycles. The van der Waals surface area contributed by atoms with Crippen molar-refractivity contribution in [2.75, 3.05) is 0 Å². The molecule has 140 valence electrons. The predicted molar refractivity (Wildman–Crippen MR) is 96.6 cm³/mol. The lowest BCUT2D eigenvalue weighted by atomic mass is 10.1. The van der Waals surface area contributed by atoms with Crippen LogP contribution in [0.5, 0.6) is 0 Å². The van der Waals surface area contributed by atoms with E-state index in [2.05, 4.69) is 5.10 Å². The maximum Gasteiger partial charge on any atom is 0.339 e. The van der Waals surface area contributed by atoms with Gasteiger partial charge in [0, 0.05) is 18.1 Å². The highest BCUT2D eigenvalue weighted by Crippen LogP contribution is 2.31. The third kappa shape index (κ3) is 2.24. The topological polar surface area (TPSA) is 88.1 Å². The quantitative estimate of drug-likeness (QED) is 0.590. The largest absolute Gasteiger partial charge is 0.478 e. The lowest BCUT2D eigenvalue weighted by Gasteiger charge is -2.25. The molecule has 0 spiro atoms. The van der Waals surface area contributed by atoms with Crippen molar-refractivity contribution in [1.29, 1.82) is 0 Å². The van der Waals surface area contributed by atoms with Gasteiger partial charge in [-0.2, -0.15) is 5.10 Å². The SMILES string of the molecule is Cc1c(F)cc(C(=O)O)c2oc(CN3Cc4cccn5ncc(c45)C3=O)cc12. The van der Waals surface area contributed by atoms with Gasteiger partial charge in [-0.05, 0) is 36.2 Å². The third-order valence-electron chi connectivity index (χ3n) is 5.14. The number of amides is 1. The fourth-order valence-corrected chi connectivity index (χ4v) is 3.75. The van der Waals surface area contributed by atoms with Gasteiger partial charge in [0.1, 0.15) is 22.7 Å². The molecular formula is C20H14FN3O4. The van der Waals surface area contributed by atoms with Gasteiger partial charge in [0.2, 0.25) is 0 Å². The first-order valence-corrected chi connectivity index (χ1v) is 8.63. The van der Waals surface area contributed by atoms with Gasteiger partial charge < -0.3 is 14.4 Å². The normalized spacial score (nSPS) is 13.6. The standard InChI is InChI=1S/C20H14FN3O4/c1-10-13-5-12(28-18(13)14(20(26)27)6-16(10)21)9-23-8-11-3-2-4-24-17(11)15(7-22-24)19(23)25/h2-7H,8-9H2,1H3,(H,26,27). The molecule has 1 aliphatic heterocycles. The number of benzene rings is 1. The molecule has 7 nitrogen and oxygen atoms in total. The second-order valence-corrected chi connectivity index (χ2v) is 6.84. The molecule has 4 aromatic rings. The molecule has 1 aromatic carbocycles. The lowest BCUT2D eigenvalue weighted by molar-refractivity contribution is 0.0689. The van der Waals surface area contributed by atoms with Crippen molar-refractivity contribution in [3.8, 4) is 0 Å². The Morgan fingerprint density at radius 3 is 3.00 bits per heavy atom. The summed E-state index contributed by atoms with van der Waals surface area (Å²) in [5.41, 5.74) is 2.44. The van der Waals surface area contributed by atoms with Gasteiger partial charge in [-0.25, -0.2) is 13.7 Å². The van der Waals surface area contributed by atoms with E-state index in [1.54, 1.807) is 28.6 Å². The van der Waals surface area contributed by atoms with Crippen LogP contribution >= 0.6 is 0 Å². The number of nitrogens with zero attached hydrogens (tertiary/aromatic N) is 3. The molecule has 0 aliphatic carbocycles. The number of furan rings is 1. The molecule has 0 bridgehead atoms. The minimum absolute atomic E-state index is 0.110. The Hall–Kier alpha value is -3.68. The number of carboxylic acids is 1. The van der Waals surface area contributed by atoms with E-state index in [-0.39, 0.29) is 23.6 Å². The summed E-state index contributed by atoms with van der Waals surface area (Å²) in [6.45, 7) is 2.08. The first-order chi connectivity index (χ1) is 13.4. The number of hydrogen-bond donors (Lipinski definition) is 1. The van der Waals surface area contributed by atoms with Crippen LogP contribution < -0.4 is 0 Å². The van der Waals surface area contributed by atoms with Gasteiger partial charge in [0.25, 0.3) is 5.91 Å². The molecule has 5 rings (SSSR count). The fraction of sp³-hybridized carbons (Fsp3) is 0.150. The monoisotopic (exact) mass is 379 g/mol. The van der Waals surface area contributed by atoms with Gasteiger partial charge in [-0.3, -0.25) is 4.79 Å². The first-order valence-electron chi connectivity index (χ1n) is 8.63. The van der Waals surface area contributed by atoms with Crippen LogP contribution in [0.1, 0.15) is 37.6 Å². The number of carbonyl (C=O) groups excluding carboxylic acids is 1. The molecule has 0 saturated heterocycles. The van der Waals surface area contributed by atoms with E-state index in [4.69, 9.17) is 4.42 Å². The molecule has 28 heavy (non-hydrogen) atoms. The Bertz CT molecular complexity index is 1300. The zero-order valence-corrected chi connectivity index (χ0v) is 14.8. The van der Waals surface area contributed by atoms with Crippen LogP contribution in [-0.2, 0) is 13.1 Å². The van der Waals surface area contributed by atoms with Crippen LogP contribution in [0, 0.1) is 12.7 Å². The molecule has 1 N–H and O–H groups in total. The summed E-state index contributed by atoms with van der Waals surface area (Å²) >= 11 is 0. The number of carboxylic acid groups (broad SMARTS) is 1. The van der Waals surface area contributed by atoms with Gasteiger partial charge in [-0.1, -0.05) is 6.07 Å². The number of aryl methyl sites for hydroxylation is 1. The average Bonchev–Trinajstić information content (AvgIpc) is 3.28. The van der Waals surface area contributed by atoms with E-state index < -0.39 is 11.8 Å². The lowest BCUT2D eigenvalue weighted by Crippen LogP contribution is -2.33. The molecule has 1 amide bonds. The molecule has 0 atom stereocenters. The summed E-state index contributed by atoms with van der Waals surface area (Å²) in [7, 11) is 0. The Balaban J connectivity index is 1.56.